The molecule has 20 heavy (non-hydrogen) atoms. The molecule has 0 radical (unpaired) electrons. The van der Waals surface area contributed by atoms with E-state index in [-0.39, 0.29) is 12.1 Å². The van der Waals surface area contributed by atoms with Crippen LogP contribution in [0.2, 0.25) is 0 Å². The summed E-state index contributed by atoms with van der Waals surface area (Å²) < 4.78 is 10.6. The summed E-state index contributed by atoms with van der Waals surface area (Å²) in [6.07, 6.45) is 1.87. The summed E-state index contributed by atoms with van der Waals surface area (Å²) in [5, 5.41) is 2.16. The van der Waals surface area contributed by atoms with Gasteiger partial charge in [-0.25, -0.2) is 4.79 Å². The molecule has 2 aromatic rings. The predicted molar refractivity (Wildman–Crippen MR) is 79.9 cm³/mol. The number of carbonyl (C=O) groups excluding carboxylic acids is 1. The van der Waals surface area contributed by atoms with E-state index < -0.39 is 0 Å². The molecule has 0 saturated carbocycles. The highest BCUT2D eigenvalue weighted by Crippen LogP contribution is 2.16. The Bertz CT molecular complexity index is 577. The third kappa shape index (κ3) is 3.58. The molecule has 0 aliphatic rings. The Kier molecular flexibility index (Phi) is 5.13. The van der Waals surface area contributed by atoms with Crippen LogP contribution in [0.5, 0.6) is 0 Å². The van der Waals surface area contributed by atoms with Crippen molar-refractivity contribution in [2.45, 2.75) is 25.9 Å². The number of benzene rings is 2. The normalized spacial score (nSPS) is 12.3. The first-order chi connectivity index (χ1) is 9.74. The van der Waals surface area contributed by atoms with E-state index in [9.17, 15) is 4.79 Å². The summed E-state index contributed by atoms with van der Waals surface area (Å²) in [6.45, 7) is 2.38. The molecular weight excluding hydrogens is 252 g/mol. The van der Waals surface area contributed by atoms with Crippen molar-refractivity contribution in [2.75, 3.05) is 13.7 Å². The van der Waals surface area contributed by atoms with Crippen molar-refractivity contribution in [3.63, 3.8) is 0 Å². The number of hydrogen-bond acceptors (Lipinski definition) is 3. The molecule has 0 saturated heterocycles. The zero-order chi connectivity index (χ0) is 14.4. The molecule has 3 nitrogen and oxygen atoms in total. The van der Waals surface area contributed by atoms with Gasteiger partial charge >= 0.3 is 5.97 Å². The molecule has 0 N–H and O–H groups in total. The van der Waals surface area contributed by atoms with Crippen molar-refractivity contribution >= 4 is 16.7 Å². The van der Waals surface area contributed by atoms with Crippen LogP contribution in [-0.2, 0) is 9.47 Å². The van der Waals surface area contributed by atoms with E-state index in [0.717, 1.165) is 23.6 Å². The highest BCUT2D eigenvalue weighted by atomic mass is 16.6. The van der Waals surface area contributed by atoms with Crippen LogP contribution in [0.1, 0.15) is 30.1 Å². The van der Waals surface area contributed by atoms with Crippen molar-refractivity contribution in [1.29, 1.82) is 0 Å². The maximum atomic E-state index is 12.0. The lowest BCUT2D eigenvalue weighted by atomic mass is 10.1. The van der Waals surface area contributed by atoms with Crippen molar-refractivity contribution in [2.24, 2.45) is 0 Å². The third-order valence-electron chi connectivity index (χ3n) is 3.33. The first kappa shape index (κ1) is 14.5. The van der Waals surface area contributed by atoms with Gasteiger partial charge in [0.05, 0.1) is 11.7 Å². The largest absolute Gasteiger partial charge is 0.459 e. The van der Waals surface area contributed by atoms with Crippen molar-refractivity contribution in [1.82, 2.24) is 0 Å². The van der Waals surface area contributed by atoms with Crippen LogP contribution in [-0.4, -0.2) is 25.8 Å². The predicted octanol–water partition coefficient (Wildman–Crippen LogP) is 3.81. The number of rotatable bonds is 6. The molecule has 0 bridgehead atoms. The SMILES string of the molecule is CCCC(COC(=O)c1ccc2ccccc2c1)OC. The summed E-state index contributed by atoms with van der Waals surface area (Å²) >= 11 is 0. The summed E-state index contributed by atoms with van der Waals surface area (Å²) in [6, 6.07) is 13.5. The zero-order valence-corrected chi connectivity index (χ0v) is 12.0. The molecule has 0 fully saturated rings. The molecule has 106 valence electrons. The van der Waals surface area contributed by atoms with E-state index in [1.54, 1.807) is 13.2 Å². The molecular formula is C17H20O3. The van der Waals surface area contributed by atoms with Gasteiger partial charge in [0.2, 0.25) is 0 Å². The maximum Gasteiger partial charge on any atom is 0.338 e. The van der Waals surface area contributed by atoms with E-state index >= 15 is 0 Å². The second kappa shape index (κ2) is 7.06. The number of methoxy groups -OCH3 is 1. The fraction of sp³-hybridized carbons (Fsp3) is 0.353. The molecule has 0 aromatic heterocycles. The lowest BCUT2D eigenvalue weighted by Crippen LogP contribution is -2.20. The topological polar surface area (TPSA) is 35.5 Å². The Morgan fingerprint density at radius 1 is 1.15 bits per heavy atom. The fourth-order valence-electron chi connectivity index (χ4n) is 2.16. The summed E-state index contributed by atoms with van der Waals surface area (Å²) in [5.41, 5.74) is 0.579. The minimum atomic E-state index is -0.297. The average Bonchev–Trinajstić information content (AvgIpc) is 2.50. The summed E-state index contributed by atoms with van der Waals surface area (Å²) in [4.78, 5) is 12.0. The van der Waals surface area contributed by atoms with Gasteiger partial charge in [-0.05, 0) is 29.3 Å². The molecule has 3 heteroatoms. The second-order valence-corrected chi connectivity index (χ2v) is 4.81. The number of esters is 1. The first-order valence-corrected chi connectivity index (χ1v) is 6.93. The van der Waals surface area contributed by atoms with Crippen LogP contribution < -0.4 is 0 Å². The lowest BCUT2D eigenvalue weighted by Gasteiger charge is -2.14. The number of hydrogen-bond donors (Lipinski definition) is 0. The monoisotopic (exact) mass is 272 g/mol. The summed E-state index contributed by atoms with van der Waals surface area (Å²) in [7, 11) is 1.64. The third-order valence-corrected chi connectivity index (χ3v) is 3.33. The van der Waals surface area contributed by atoms with Crippen molar-refractivity contribution in [3.8, 4) is 0 Å². The van der Waals surface area contributed by atoms with Crippen LogP contribution in [0.3, 0.4) is 0 Å². The molecule has 1 unspecified atom stereocenters. The molecule has 1 atom stereocenters. The van der Waals surface area contributed by atoms with Gasteiger partial charge in [0, 0.05) is 7.11 Å². The smallest absolute Gasteiger partial charge is 0.338 e. The molecule has 2 aromatic carbocycles. The van der Waals surface area contributed by atoms with Crippen LogP contribution in [0.15, 0.2) is 42.5 Å². The first-order valence-electron chi connectivity index (χ1n) is 6.93. The van der Waals surface area contributed by atoms with Gasteiger partial charge in [0.1, 0.15) is 6.61 Å². The lowest BCUT2D eigenvalue weighted by molar-refractivity contribution is 0.00782. The van der Waals surface area contributed by atoms with Crippen LogP contribution in [0.4, 0.5) is 0 Å². The molecule has 0 amide bonds. The van der Waals surface area contributed by atoms with Gasteiger partial charge in [-0.1, -0.05) is 43.7 Å². The van der Waals surface area contributed by atoms with E-state index in [2.05, 4.69) is 6.92 Å². The Balaban J connectivity index is 2.03. The number of fused-ring (bicyclic) bond motifs is 1. The van der Waals surface area contributed by atoms with E-state index in [4.69, 9.17) is 9.47 Å². The van der Waals surface area contributed by atoms with E-state index in [0.29, 0.717) is 12.2 Å². The van der Waals surface area contributed by atoms with Gasteiger partial charge in [-0.2, -0.15) is 0 Å². The quantitative estimate of drug-likeness (QED) is 0.750. The van der Waals surface area contributed by atoms with Gasteiger partial charge in [0.15, 0.2) is 0 Å². The Morgan fingerprint density at radius 3 is 2.60 bits per heavy atom. The summed E-state index contributed by atoms with van der Waals surface area (Å²) in [5.74, 6) is -0.297. The van der Waals surface area contributed by atoms with Crippen LogP contribution in [0.25, 0.3) is 10.8 Å². The zero-order valence-electron chi connectivity index (χ0n) is 12.0. The number of carbonyl (C=O) groups is 1. The molecule has 0 aliphatic carbocycles. The fourth-order valence-corrected chi connectivity index (χ4v) is 2.16. The van der Waals surface area contributed by atoms with Gasteiger partial charge in [0.25, 0.3) is 0 Å². The van der Waals surface area contributed by atoms with E-state index in [1.807, 2.05) is 36.4 Å². The van der Waals surface area contributed by atoms with Gasteiger partial charge < -0.3 is 9.47 Å². The Morgan fingerprint density at radius 2 is 1.90 bits per heavy atom. The van der Waals surface area contributed by atoms with Crippen molar-refractivity contribution < 1.29 is 14.3 Å². The van der Waals surface area contributed by atoms with Crippen LogP contribution >= 0.6 is 0 Å². The van der Waals surface area contributed by atoms with Crippen molar-refractivity contribution in [3.05, 3.63) is 48.0 Å². The second-order valence-electron chi connectivity index (χ2n) is 4.81. The molecule has 0 heterocycles. The van der Waals surface area contributed by atoms with Gasteiger partial charge in [-0.15, -0.1) is 0 Å². The standard InChI is InChI=1S/C17H20O3/c1-3-6-16(19-2)12-20-17(18)15-10-9-13-7-4-5-8-14(13)11-15/h4-5,7-11,16H,3,6,12H2,1-2H3. The minimum absolute atomic E-state index is 0.0237. The maximum absolute atomic E-state index is 12.0. The Hall–Kier alpha value is -1.87. The van der Waals surface area contributed by atoms with Gasteiger partial charge in [-0.3, -0.25) is 0 Å². The molecule has 2 rings (SSSR count). The molecule has 0 spiro atoms. The highest BCUT2D eigenvalue weighted by molar-refractivity contribution is 5.95. The number of ether oxygens (including phenoxy) is 2. The highest BCUT2D eigenvalue weighted by Gasteiger charge is 2.12. The average molecular weight is 272 g/mol. The minimum Gasteiger partial charge on any atom is -0.459 e. The van der Waals surface area contributed by atoms with E-state index in [1.165, 1.54) is 0 Å². The Labute approximate surface area is 119 Å². The molecule has 0 aliphatic heterocycles. The van der Waals surface area contributed by atoms with Crippen LogP contribution in [0, 0.1) is 0 Å².